The zero-order valence-electron chi connectivity index (χ0n) is 18.7. The van der Waals surface area contributed by atoms with E-state index in [-0.39, 0.29) is 16.3 Å². The van der Waals surface area contributed by atoms with Gasteiger partial charge in [0.05, 0.1) is 28.9 Å². The summed E-state index contributed by atoms with van der Waals surface area (Å²) in [5.74, 6) is -0.763. The van der Waals surface area contributed by atoms with Crippen molar-refractivity contribution < 1.29 is 31.1 Å². The number of sulfonamides is 1. The van der Waals surface area contributed by atoms with Gasteiger partial charge in [-0.1, -0.05) is 35.9 Å². The maximum absolute atomic E-state index is 13.5. The molecule has 1 amide bonds. The van der Waals surface area contributed by atoms with Gasteiger partial charge < -0.3 is 10.1 Å². The minimum absolute atomic E-state index is 0.0786. The molecule has 0 radical (unpaired) electrons. The zero-order chi connectivity index (χ0) is 25.1. The molecule has 0 atom stereocenters. The molecule has 3 rings (SSSR count). The van der Waals surface area contributed by atoms with Gasteiger partial charge in [0.25, 0.3) is 10.0 Å². The largest absolute Gasteiger partial charge is 0.495 e. The van der Waals surface area contributed by atoms with E-state index in [1.54, 1.807) is 38.1 Å². The molecular formula is C24H23F3N2O4S. The van der Waals surface area contributed by atoms with Gasteiger partial charge in [-0.25, -0.2) is 8.42 Å². The van der Waals surface area contributed by atoms with E-state index in [0.29, 0.717) is 5.56 Å². The summed E-state index contributed by atoms with van der Waals surface area (Å²) in [6, 6.07) is 15.3. The summed E-state index contributed by atoms with van der Waals surface area (Å²) in [7, 11) is -2.92. The number of nitrogens with zero attached hydrogens (tertiary/aromatic N) is 1. The van der Waals surface area contributed by atoms with E-state index in [1.807, 2.05) is 0 Å². The van der Waals surface area contributed by atoms with Gasteiger partial charge in [-0.05, 0) is 55.8 Å². The predicted octanol–water partition coefficient (Wildman–Crippen LogP) is 5.16. The number of methoxy groups -OCH3 is 1. The second-order valence-corrected chi connectivity index (χ2v) is 9.45. The zero-order valence-corrected chi connectivity index (χ0v) is 19.5. The third-order valence-corrected chi connectivity index (χ3v) is 6.78. The summed E-state index contributed by atoms with van der Waals surface area (Å²) < 4.78 is 73.2. The Hall–Kier alpha value is -3.53. The number of ether oxygens (including phenoxy) is 1. The molecule has 0 aliphatic heterocycles. The van der Waals surface area contributed by atoms with Gasteiger partial charge in [-0.3, -0.25) is 9.10 Å². The first-order chi connectivity index (χ1) is 15.9. The predicted molar refractivity (Wildman–Crippen MR) is 124 cm³/mol. The Morgan fingerprint density at radius 1 is 0.971 bits per heavy atom. The van der Waals surface area contributed by atoms with Crippen molar-refractivity contribution in [2.75, 3.05) is 23.3 Å². The van der Waals surface area contributed by atoms with Crippen LogP contribution in [0.15, 0.2) is 71.6 Å². The Kier molecular flexibility index (Phi) is 7.21. The molecule has 0 heterocycles. The highest BCUT2D eigenvalue weighted by Crippen LogP contribution is 2.36. The summed E-state index contributed by atoms with van der Waals surface area (Å²) in [6.45, 7) is 2.75. The smallest absolute Gasteiger partial charge is 0.418 e. The van der Waals surface area contributed by atoms with Crippen LogP contribution < -0.4 is 14.4 Å². The Bertz CT molecular complexity index is 1290. The van der Waals surface area contributed by atoms with Crippen LogP contribution in [0.2, 0.25) is 0 Å². The van der Waals surface area contributed by atoms with E-state index in [4.69, 9.17) is 4.74 Å². The lowest BCUT2D eigenvalue weighted by Gasteiger charge is -2.26. The third-order valence-electron chi connectivity index (χ3n) is 5.01. The number of halogens is 3. The lowest BCUT2D eigenvalue weighted by molar-refractivity contribution is -0.137. The van der Waals surface area contributed by atoms with Crippen LogP contribution in [0.3, 0.4) is 0 Å². The quantitative estimate of drug-likeness (QED) is 0.494. The van der Waals surface area contributed by atoms with Crippen LogP contribution in [-0.4, -0.2) is 28.0 Å². The molecule has 0 saturated carbocycles. The van der Waals surface area contributed by atoms with Crippen LogP contribution in [0, 0.1) is 13.8 Å². The molecule has 0 bridgehead atoms. The van der Waals surface area contributed by atoms with Crippen LogP contribution in [0.5, 0.6) is 5.75 Å². The number of aryl methyl sites for hydroxylation is 2. The molecule has 34 heavy (non-hydrogen) atoms. The summed E-state index contributed by atoms with van der Waals surface area (Å²) in [5.41, 5.74) is 0.110. The average Bonchev–Trinajstić information content (AvgIpc) is 2.77. The van der Waals surface area contributed by atoms with Gasteiger partial charge >= 0.3 is 6.18 Å². The molecule has 3 aromatic carbocycles. The molecule has 6 nitrogen and oxygen atoms in total. The number of carbonyl (C=O) groups is 1. The summed E-state index contributed by atoms with van der Waals surface area (Å²) >= 11 is 0. The first-order valence-electron chi connectivity index (χ1n) is 10.1. The molecule has 1 N–H and O–H groups in total. The van der Waals surface area contributed by atoms with Crippen LogP contribution in [-0.2, 0) is 21.0 Å². The second kappa shape index (κ2) is 9.76. The van der Waals surface area contributed by atoms with E-state index in [9.17, 15) is 26.4 Å². The highest BCUT2D eigenvalue weighted by Gasteiger charge is 2.34. The SMILES string of the molecule is COc1ccc(C)cc1N(CC(=O)Nc1ccccc1C(F)(F)F)S(=O)(=O)c1ccc(C)cc1. The molecule has 0 saturated heterocycles. The molecule has 0 aromatic heterocycles. The fourth-order valence-corrected chi connectivity index (χ4v) is 4.71. The number of anilines is 2. The van der Waals surface area contributed by atoms with Crippen LogP contribution in [0.1, 0.15) is 16.7 Å². The van der Waals surface area contributed by atoms with Crippen molar-refractivity contribution in [2.45, 2.75) is 24.9 Å². The molecule has 180 valence electrons. The topological polar surface area (TPSA) is 75.7 Å². The number of carbonyl (C=O) groups excluding carboxylic acids is 1. The number of hydrogen-bond acceptors (Lipinski definition) is 4. The molecule has 0 aliphatic carbocycles. The Morgan fingerprint density at radius 2 is 1.59 bits per heavy atom. The van der Waals surface area contributed by atoms with E-state index in [0.717, 1.165) is 22.0 Å². The highest BCUT2D eigenvalue weighted by atomic mass is 32.2. The maximum atomic E-state index is 13.5. The molecule has 0 aliphatic rings. The number of nitrogens with one attached hydrogen (secondary N) is 1. The Morgan fingerprint density at radius 3 is 2.21 bits per heavy atom. The molecule has 10 heteroatoms. The fourth-order valence-electron chi connectivity index (χ4n) is 3.29. The molecule has 3 aromatic rings. The number of hydrogen-bond donors (Lipinski definition) is 1. The van der Waals surface area contributed by atoms with Gasteiger partial charge in [0.15, 0.2) is 0 Å². The van der Waals surface area contributed by atoms with Crippen molar-refractivity contribution in [2.24, 2.45) is 0 Å². The van der Waals surface area contributed by atoms with E-state index in [1.165, 1.54) is 37.4 Å². The molecule has 0 spiro atoms. The minimum Gasteiger partial charge on any atom is -0.495 e. The summed E-state index contributed by atoms with van der Waals surface area (Å²) in [6.07, 6.45) is -4.70. The van der Waals surface area contributed by atoms with Gasteiger partial charge in [0.2, 0.25) is 5.91 Å². The Labute approximate surface area is 196 Å². The van der Waals surface area contributed by atoms with Crippen LogP contribution in [0.25, 0.3) is 0 Å². The number of amides is 1. The maximum Gasteiger partial charge on any atom is 0.418 e. The fraction of sp³-hybridized carbons (Fsp3) is 0.208. The van der Waals surface area contributed by atoms with Crippen molar-refractivity contribution in [3.8, 4) is 5.75 Å². The number of para-hydroxylation sites is 1. The average molecular weight is 493 g/mol. The lowest BCUT2D eigenvalue weighted by Crippen LogP contribution is -2.38. The van der Waals surface area contributed by atoms with E-state index in [2.05, 4.69) is 5.32 Å². The van der Waals surface area contributed by atoms with Crippen LogP contribution >= 0.6 is 0 Å². The van der Waals surface area contributed by atoms with Gasteiger partial charge in [-0.15, -0.1) is 0 Å². The number of benzene rings is 3. The molecule has 0 unspecified atom stereocenters. The first-order valence-corrected chi connectivity index (χ1v) is 11.6. The highest BCUT2D eigenvalue weighted by molar-refractivity contribution is 7.92. The monoisotopic (exact) mass is 492 g/mol. The standard InChI is InChI=1S/C24H23F3N2O4S/c1-16-8-11-18(12-9-16)34(31,32)29(21-14-17(2)10-13-22(21)33-3)15-23(30)28-20-7-5-4-6-19(20)24(25,26)27/h4-14H,15H2,1-3H3,(H,28,30). The van der Waals surface area contributed by atoms with E-state index < -0.39 is 39.9 Å². The minimum atomic E-state index is -4.70. The van der Waals surface area contributed by atoms with Crippen molar-refractivity contribution >= 4 is 27.3 Å². The van der Waals surface area contributed by atoms with Gasteiger partial charge in [0.1, 0.15) is 12.3 Å². The van der Waals surface area contributed by atoms with Gasteiger partial charge in [-0.2, -0.15) is 13.2 Å². The number of rotatable bonds is 7. The van der Waals surface area contributed by atoms with Crippen molar-refractivity contribution in [1.82, 2.24) is 0 Å². The summed E-state index contributed by atoms with van der Waals surface area (Å²) in [5, 5.41) is 2.20. The molecule has 0 fully saturated rings. The van der Waals surface area contributed by atoms with Gasteiger partial charge in [0, 0.05) is 0 Å². The first kappa shape index (κ1) is 25.1. The lowest BCUT2D eigenvalue weighted by atomic mass is 10.1. The summed E-state index contributed by atoms with van der Waals surface area (Å²) in [4.78, 5) is 12.8. The van der Waals surface area contributed by atoms with Crippen LogP contribution in [0.4, 0.5) is 24.5 Å². The third kappa shape index (κ3) is 5.51. The normalized spacial score (nSPS) is 11.7. The van der Waals surface area contributed by atoms with Crippen molar-refractivity contribution in [3.05, 3.63) is 83.4 Å². The Balaban J connectivity index is 2.05. The van der Waals surface area contributed by atoms with E-state index >= 15 is 0 Å². The number of alkyl halides is 3. The second-order valence-electron chi connectivity index (χ2n) is 7.59. The van der Waals surface area contributed by atoms with Crippen molar-refractivity contribution in [1.29, 1.82) is 0 Å². The van der Waals surface area contributed by atoms with Crippen molar-refractivity contribution in [3.63, 3.8) is 0 Å². The molecular weight excluding hydrogens is 469 g/mol.